The number of piperidine rings is 1. The van der Waals surface area contributed by atoms with Crippen molar-refractivity contribution in [2.45, 2.75) is 59.3 Å². The molecule has 22 heavy (non-hydrogen) atoms. The molecule has 0 spiro atoms. The number of hydrogen-bond acceptors (Lipinski definition) is 2. The molecule has 1 aromatic rings. The van der Waals surface area contributed by atoms with Gasteiger partial charge < -0.3 is 4.90 Å². The first kappa shape index (κ1) is 17.0. The van der Waals surface area contributed by atoms with Crippen molar-refractivity contribution in [3.05, 3.63) is 29.6 Å². The summed E-state index contributed by atoms with van der Waals surface area (Å²) in [5, 5.41) is 0. The first-order chi connectivity index (χ1) is 10.5. The number of carbonyl (C=O) groups is 1. The third-order valence-electron chi connectivity index (χ3n) is 5.08. The minimum Gasteiger partial charge on any atom is -0.369 e. The molecule has 1 aliphatic heterocycles. The summed E-state index contributed by atoms with van der Waals surface area (Å²) in [5.74, 6) is -0.361. The zero-order valence-corrected chi connectivity index (χ0v) is 14.1. The number of benzene rings is 1. The van der Waals surface area contributed by atoms with E-state index in [-0.39, 0.29) is 11.6 Å². The highest BCUT2D eigenvalue weighted by Gasteiger charge is 2.33. The zero-order valence-electron chi connectivity index (χ0n) is 14.1. The van der Waals surface area contributed by atoms with E-state index in [0.717, 1.165) is 25.9 Å². The smallest absolute Gasteiger partial charge is 0.159 e. The summed E-state index contributed by atoms with van der Waals surface area (Å²) in [7, 11) is 0. The molecule has 2 nitrogen and oxygen atoms in total. The van der Waals surface area contributed by atoms with Crippen LogP contribution in [0.15, 0.2) is 18.2 Å². The maximum absolute atomic E-state index is 14.3. The van der Waals surface area contributed by atoms with Crippen LogP contribution in [0.25, 0.3) is 0 Å². The second kappa shape index (κ2) is 7.26. The predicted molar refractivity (Wildman–Crippen MR) is 90.1 cm³/mol. The highest BCUT2D eigenvalue weighted by molar-refractivity contribution is 5.94. The van der Waals surface area contributed by atoms with Gasteiger partial charge in [0, 0.05) is 18.7 Å². The molecule has 1 saturated heterocycles. The van der Waals surface area contributed by atoms with Crippen LogP contribution in [-0.4, -0.2) is 18.9 Å². The summed E-state index contributed by atoms with van der Waals surface area (Å²) in [6.07, 6.45) is 7.29. The van der Waals surface area contributed by atoms with Crippen molar-refractivity contribution in [3.63, 3.8) is 0 Å². The van der Waals surface area contributed by atoms with Crippen molar-refractivity contribution in [2.75, 3.05) is 18.0 Å². The Kier molecular flexibility index (Phi) is 5.60. The third kappa shape index (κ3) is 3.68. The van der Waals surface area contributed by atoms with E-state index >= 15 is 0 Å². The SMILES string of the molecule is CCCC1(CCC)CCN(c2ccc(C(C)=O)cc2F)CC1. The van der Waals surface area contributed by atoms with Crippen molar-refractivity contribution in [3.8, 4) is 0 Å². The molecule has 0 saturated carbocycles. The Morgan fingerprint density at radius 1 is 1.18 bits per heavy atom. The molecular formula is C19H28FNO. The molecule has 1 aliphatic rings. The van der Waals surface area contributed by atoms with Gasteiger partial charge in [0.25, 0.3) is 0 Å². The van der Waals surface area contributed by atoms with E-state index in [0.29, 0.717) is 16.7 Å². The highest BCUT2D eigenvalue weighted by Crippen LogP contribution is 2.41. The average molecular weight is 305 g/mol. The van der Waals surface area contributed by atoms with Crippen LogP contribution in [0.4, 0.5) is 10.1 Å². The monoisotopic (exact) mass is 305 g/mol. The molecule has 0 amide bonds. The predicted octanol–water partition coefficient (Wildman–Crippen LogP) is 5.22. The van der Waals surface area contributed by atoms with Crippen LogP contribution in [0.5, 0.6) is 0 Å². The van der Waals surface area contributed by atoms with E-state index in [4.69, 9.17) is 0 Å². The lowest BCUT2D eigenvalue weighted by Gasteiger charge is -2.43. The van der Waals surface area contributed by atoms with Gasteiger partial charge >= 0.3 is 0 Å². The summed E-state index contributed by atoms with van der Waals surface area (Å²) >= 11 is 0. The number of nitrogens with zero attached hydrogens (tertiary/aromatic N) is 1. The van der Waals surface area contributed by atoms with Crippen LogP contribution in [-0.2, 0) is 0 Å². The van der Waals surface area contributed by atoms with Crippen LogP contribution in [0.2, 0.25) is 0 Å². The molecular weight excluding hydrogens is 277 g/mol. The quantitative estimate of drug-likeness (QED) is 0.672. The van der Waals surface area contributed by atoms with Crippen LogP contribution in [0.1, 0.15) is 69.7 Å². The maximum Gasteiger partial charge on any atom is 0.159 e. The van der Waals surface area contributed by atoms with E-state index < -0.39 is 0 Å². The molecule has 0 bridgehead atoms. The Balaban J connectivity index is 2.09. The zero-order chi connectivity index (χ0) is 16.2. The van der Waals surface area contributed by atoms with Gasteiger partial charge in [0.1, 0.15) is 5.82 Å². The Morgan fingerprint density at radius 2 is 1.77 bits per heavy atom. The standard InChI is InChI=1S/C19H28FNO/c1-4-8-19(9-5-2)10-12-21(13-11-19)18-7-6-16(15(3)22)14-17(18)20/h6-7,14H,4-5,8-13H2,1-3H3. The van der Waals surface area contributed by atoms with Crippen LogP contribution in [0.3, 0.4) is 0 Å². The van der Waals surface area contributed by atoms with Crippen LogP contribution in [0, 0.1) is 11.2 Å². The molecule has 1 aromatic carbocycles. The molecule has 2 rings (SSSR count). The highest BCUT2D eigenvalue weighted by atomic mass is 19.1. The Bertz CT molecular complexity index is 510. The fraction of sp³-hybridized carbons (Fsp3) is 0.632. The Labute approximate surface area is 133 Å². The number of ketones is 1. The van der Waals surface area contributed by atoms with Crippen molar-refractivity contribution < 1.29 is 9.18 Å². The van der Waals surface area contributed by atoms with Gasteiger partial charge in [-0.05, 0) is 56.2 Å². The van der Waals surface area contributed by atoms with Gasteiger partial charge in [-0.2, -0.15) is 0 Å². The Morgan fingerprint density at radius 3 is 2.23 bits per heavy atom. The molecule has 0 N–H and O–H groups in total. The fourth-order valence-corrected chi connectivity index (χ4v) is 3.89. The number of rotatable bonds is 6. The van der Waals surface area contributed by atoms with Gasteiger partial charge in [-0.25, -0.2) is 4.39 Å². The molecule has 1 fully saturated rings. The second-order valence-electron chi connectivity index (χ2n) is 6.71. The minimum absolute atomic E-state index is 0.0889. The van der Waals surface area contributed by atoms with Crippen LogP contribution >= 0.6 is 0 Å². The summed E-state index contributed by atoms with van der Waals surface area (Å²) in [5.41, 5.74) is 1.55. The van der Waals surface area contributed by atoms with Gasteiger partial charge in [0.2, 0.25) is 0 Å². The van der Waals surface area contributed by atoms with Crippen LogP contribution < -0.4 is 4.90 Å². The van der Waals surface area contributed by atoms with E-state index in [1.165, 1.54) is 38.7 Å². The summed E-state index contributed by atoms with van der Waals surface area (Å²) < 4.78 is 14.3. The average Bonchev–Trinajstić information content (AvgIpc) is 2.49. The lowest BCUT2D eigenvalue weighted by Crippen LogP contribution is -2.40. The summed E-state index contributed by atoms with van der Waals surface area (Å²) in [6, 6.07) is 4.87. The fourth-order valence-electron chi connectivity index (χ4n) is 3.89. The summed E-state index contributed by atoms with van der Waals surface area (Å²) in [4.78, 5) is 13.5. The molecule has 0 aliphatic carbocycles. The Hall–Kier alpha value is -1.38. The first-order valence-electron chi connectivity index (χ1n) is 8.57. The molecule has 122 valence electrons. The topological polar surface area (TPSA) is 20.3 Å². The number of halogens is 1. The van der Waals surface area contributed by atoms with E-state index in [1.54, 1.807) is 12.1 Å². The lowest BCUT2D eigenvalue weighted by molar-refractivity contribution is 0.101. The maximum atomic E-state index is 14.3. The normalized spacial score (nSPS) is 17.5. The van der Waals surface area contributed by atoms with Crippen molar-refractivity contribution >= 4 is 11.5 Å². The molecule has 0 atom stereocenters. The number of Topliss-reactive ketones (excluding diaryl/α,β-unsaturated/α-hetero) is 1. The largest absolute Gasteiger partial charge is 0.369 e. The van der Waals surface area contributed by atoms with Crippen molar-refractivity contribution in [1.82, 2.24) is 0 Å². The number of anilines is 1. The molecule has 3 heteroatoms. The molecule has 0 aromatic heterocycles. The molecule has 1 heterocycles. The first-order valence-corrected chi connectivity index (χ1v) is 8.57. The number of carbonyl (C=O) groups excluding carboxylic acids is 1. The molecule has 0 radical (unpaired) electrons. The van der Waals surface area contributed by atoms with Gasteiger partial charge in [0.15, 0.2) is 5.78 Å². The van der Waals surface area contributed by atoms with Gasteiger partial charge in [-0.15, -0.1) is 0 Å². The minimum atomic E-state index is -0.272. The van der Waals surface area contributed by atoms with Gasteiger partial charge in [-0.1, -0.05) is 26.7 Å². The van der Waals surface area contributed by atoms with Crippen molar-refractivity contribution in [1.29, 1.82) is 0 Å². The summed E-state index contributed by atoms with van der Waals surface area (Å²) in [6.45, 7) is 7.81. The van der Waals surface area contributed by atoms with Gasteiger partial charge in [-0.3, -0.25) is 4.79 Å². The van der Waals surface area contributed by atoms with E-state index in [2.05, 4.69) is 18.7 Å². The second-order valence-corrected chi connectivity index (χ2v) is 6.71. The molecule has 0 unspecified atom stereocenters. The van der Waals surface area contributed by atoms with E-state index in [9.17, 15) is 9.18 Å². The van der Waals surface area contributed by atoms with Gasteiger partial charge in [0.05, 0.1) is 5.69 Å². The van der Waals surface area contributed by atoms with Crippen molar-refractivity contribution in [2.24, 2.45) is 5.41 Å². The third-order valence-corrected chi connectivity index (χ3v) is 5.08. The number of hydrogen-bond donors (Lipinski definition) is 0. The lowest BCUT2D eigenvalue weighted by atomic mass is 9.72. The van der Waals surface area contributed by atoms with E-state index in [1.807, 2.05) is 0 Å².